The van der Waals surface area contributed by atoms with Gasteiger partial charge in [-0.2, -0.15) is 0 Å². The number of carboxylic acid groups (broad SMARTS) is 1. The van der Waals surface area contributed by atoms with Crippen LogP contribution < -0.4 is 5.73 Å². The van der Waals surface area contributed by atoms with E-state index in [4.69, 9.17) is 10.8 Å². The second-order valence-electron chi connectivity index (χ2n) is 5.33. The molecule has 0 saturated heterocycles. The molecular formula is C14H23N3O2. The van der Waals surface area contributed by atoms with E-state index in [-0.39, 0.29) is 6.04 Å². The maximum Gasteiger partial charge on any atom is 0.323 e. The topological polar surface area (TPSA) is 79.5 Å². The molecule has 0 bridgehead atoms. The molecule has 0 aliphatic carbocycles. The molecule has 5 nitrogen and oxygen atoms in total. The maximum absolute atomic E-state index is 11.0. The molecule has 2 atom stereocenters. The van der Waals surface area contributed by atoms with Crippen molar-refractivity contribution in [1.82, 2.24) is 9.88 Å². The number of aliphatic carboxylic acids is 1. The molecule has 19 heavy (non-hydrogen) atoms. The Morgan fingerprint density at radius 1 is 1.58 bits per heavy atom. The van der Waals surface area contributed by atoms with Gasteiger partial charge in [0.05, 0.1) is 0 Å². The summed E-state index contributed by atoms with van der Waals surface area (Å²) < 4.78 is 0. The molecule has 0 aliphatic rings. The van der Waals surface area contributed by atoms with E-state index in [0.717, 1.165) is 18.7 Å². The highest BCUT2D eigenvalue weighted by Crippen LogP contribution is 2.13. The van der Waals surface area contributed by atoms with Crippen LogP contribution in [0.3, 0.4) is 0 Å². The Hall–Kier alpha value is -1.46. The molecule has 0 radical (unpaired) electrons. The second-order valence-corrected chi connectivity index (χ2v) is 5.33. The average molecular weight is 265 g/mol. The first-order valence-corrected chi connectivity index (χ1v) is 6.45. The number of nitrogens with zero attached hydrogens (tertiary/aromatic N) is 2. The quantitative estimate of drug-likeness (QED) is 0.772. The Labute approximate surface area is 114 Å². The van der Waals surface area contributed by atoms with E-state index in [9.17, 15) is 4.79 Å². The lowest BCUT2D eigenvalue weighted by atomic mass is 9.94. The van der Waals surface area contributed by atoms with Gasteiger partial charge < -0.3 is 15.7 Å². The van der Waals surface area contributed by atoms with Crippen molar-refractivity contribution in [2.75, 3.05) is 13.6 Å². The molecule has 0 amide bonds. The van der Waals surface area contributed by atoms with Crippen LogP contribution in [-0.2, 0) is 11.2 Å². The molecule has 0 aromatic carbocycles. The molecule has 2 unspecified atom stereocenters. The van der Waals surface area contributed by atoms with Crippen LogP contribution in [0.4, 0.5) is 0 Å². The summed E-state index contributed by atoms with van der Waals surface area (Å²) in [5, 5.41) is 9.03. The first-order valence-electron chi connectivity index (χ1n) is 6.45. The van der Waals surface area contributed by atoms with Crippen molar-refractivity contribution in [2.24, 2.45) is 5.73 Å². The Morgan fingerprint density at radius 2 is 2.26 bits per heavy atom. The van der Waals surface area contributed by atoms with Crippen LogP contribution in [0.2, 0.25) is 0 Å². The lowest BCUT2D eigenvalue weighted by molar-refractivity contribution is -0.143. The fourth-order valence-electron chi connectivity index (χ4n) is 1.91. The van der Waals surface area contributed by atoms with Gasteiger partial charge in [0, 0.05) is 30.9 Å². The van der Waals surface area contributed by atoms with Gasteiger partial charge >= 0.3 is 5.97 Å². The summed E-state index contributed by atoms with van der Waals surface area (Å²) >= 11 is 0. The van der Waals surface area contributed by atoms with Crippen molar-refractivity contribution in [1.29, 1.82) is 0 Å². The van der Waals surface area contributed by atoms with Gasteiger partial charge in [0.1, 0.15) is 5.54 Å². The summed E-state index contributed by atoms with van der Waals surface area (Å²) in [6, 6.07) is 5.95. The SMILES string of the molecule is CC(CC(C)(N)C(=O)O)N(C)CCc1ccccn1. The number of likely N-dealkylation sites (N-methyl/N-ethyl adjacent to an activating group) is 1. The third-order valence-corrected chi connectivity index (χ3v) is 3.41. The Bertz CT molecular complexity index is 406. The summed E-state index contributed by atoms with van der Waals surface area (Å²) in [6.07, 6.45) is 3.04. The van der Waals surface area contributed by atoms with Gasteiger partial charge in [-0.25, -0.2) is 0 Å². The van der Waals surface area contributed by atoms with Gasteiger partial charge in [-0.3, -0.25) is 9.78 Å². The first kappa shape index (κ1) is 15.6. The molecule has 1 aromatic rings. The number of aromatic nitrogens is 1. The number of carboxylic acids is 1. The lowest BCUT2D eigenvalue weighted by Crippen LogP contribution is -2.49. The average Bonchev–Trinajstić information content (AvgIpc) is 2.36. The number of nitrogens with two attached hydrogens (primary N) is 1. The van der Waals surface area contributed by atoms with Crippen molar-refractivity contribution in [3.05, 3.63) is 30.1 Å². The van der Waals surface area contributed by atoms with Crippen LogP contribution in [0.5, 0.6) is 0 Å². The highest BCUT2D eigenvalue weighted by molar-refractivity contribution is 5.77. The first-order chi connectivity index (χ1) is 8.83. The molecule has 1 aromatic heterocycles. The molecule has 0 fully saturated rings. The summed E-state index contributed by atoms with van der Waals surface area (Å²) in [7, 11) is 1.98. The highest BCUT2D eigenvalue weighted by atomic mass is 16.4. The van der Waals surface area contributed by atoms with Gasteiger partial charge in [-0.15, -0.1) is 0 Å². The summed E-state index contributed by atoms with van der Waals surface area (Å²) in [6.45, 7) is 4.37. The Morgan fingerprint density at radius 3 is 2.79 bits per heavy atom. The number of carbonyl (C=O) groups is 1. The number of pyridine rings is 1. The van der Waals surface area contributed by atoms with E-state index >= 15 is 0 Å². The van der Waals surface area contributed by atoms with Crippen LogP contribution in [0, 0.1) is 0 Å². The van der Waals surface area contributed by atoms with E-state index < -0.39 is 11.5 Å². The van der Waals surface area contributed by atoms with E-state index in [2.05, 4.69) is 9.88 Å². The van der Waals surface area contributed by atoms with Gasteiger partial charge in [0.2, 0.25) is 0 Å². The zero-order valence-corrected chi connectivity index (χ0v) is 11.8. The monoisotopic (exact) mass is 265 g/mol. The third-order valence-electron chi connectivity index (χ3n) is 3.41. The number of hydrogen-bond acceptors (Lipinski definition) is 4. The van der Waals surface area contributed by atoms with Crippen molar-refractivity contribution < 1.29 is 9.90 Å². The van der Waals surface area contributed by atoms with E-state index in [1.165, 1.54) is 0 Å². The van der Waals surface area contributed by atoms with Crippen molar-refractivity contribution in [2.45, 2.75) is 38.3 Å². The third kappa shape index (κ3) is 4.96. The van der Waals surface area contributed by atoms with Gasteiger partial charge in [-0.05, 0) is 39.4 Å². The van der Waals surface area contributed by atoms with Crippen LogP contribution in [0.15, 0.2) is 24.4 Å². The minimum atomic E-state index is -1.18. The molecule has 0 aliphatic heterocycles. The summed E-state index contributed by atoms with van der Waals surface area (Å²) in [5.74, 6) is -0.961. The predicted molar refractivity (Wildman–Crippen MR) is 74.9 cm³/mol. The number of hydrogen-bond donors (Lipinski definition) is 2. The summed E-state index contributed by atoms with van der Waals surface area (Å²) in [5.41, 5.74) is 5.62. The van der Waals surface area contributed by atoms with Gasteiger partial charge in [0.15, 0.2) is 0 Å². The predicted octanol–water partition coefficient (Wildman–Crippen LogP) is 1.14. The molecule has 5 heteroatoms. The normalized spacial score (nSPS) is 16.1. The lowest BCUT2D eigenvalue weighted by Gasteiger charge is -2.30. The molecular weight excluding hydrogens is 242 g/mol. The smallest absolute Gasteiger partial charge is 0.323 e. The Balaban J connectivity index is 2.45. The van der Waals surface area contributed by atoms with Crippen LogP contribution in [-0.4, -0.2) is 46.1 Å². The van der Waals surface area contributed by atoms with Crippen LogP contribution in [0.25, 0.3) is 0 Å². The van der Waals surface area contributed by atoms with Crippen molar-refractivity contribution >= 4 is 5.97 Å². The van der Waals surface area contributed by atoms with Gasteiger partial charge in [-0.1, -0.05) is 6.07 Å². The molecule has 106 valence electrons. The van der Waals surface area contributed by atoms with E-state index in [0.29, 0.717) is 6.42 Å². The van der Waals surface area contributed by atoms with E-state index in [1.807, 2.05) is 32.2 Å². The molecule has 3 N–H and O–H groups in total. The summed E-state index contributed by atoms with van der Waals surface area (Å²) in [4.78, 5) is 17.4. The standard InChI is InChI=1S/C14H23N3O2/c1-11(10-14(2,15)13(18)19)17(3)9-7-12-6-4-5-8-16-12/h4-6,8,11H,7,9-10,15H2,1-3H3,(H,18,19). The zero-order valence-electron chi connectivity index (χ0n) is 11.8. The largest absolute Gasteiger partial charge is 0.480 e. The molecule has 1 heterocycles. The van der Waals surface area contributed by atoms with Crippen molar-refractivity contribution in [3.8, 4) is 0 Å². The second kappa shape index (κ2) is 6.63. The number of rotatable bonds is 7. The fourth-order valence-corrected chi connectivity index (χ4v) is 1.91. The van der Waals surface area contributed by atoms with Crippen LogP contribution in [0.1, 0.15) is 26.0 Å². The highest BCUT2D eigenvalue weighted by Gasteiger charge is 2.30. The zero-order chi connectivity index (χ0) is 14.5. The molecule has 0 saturated carbocycles. The molecule has 1 rings (SSSR count). The Kier molecular flexibility index (Phi) is 5.44. The van der Waals surface area contributed by atoms with Gasteiger partial charge in [0.25, 0.3) is 0 Å². The maximum atomic E-state index is 11.0. The molecule has 0 spiro atoms. The minimum absolute atomic E-state index is 0.106. The van der Waals surface area contributed by atoms with Crippen molar-refractivity contribution in [3.63, 3.8) is 0 Å². The van der Waals surface area contributed by atoms with Crippen LogP contribution >= 0.6 is 0 Å². The fraction of sp³-hybridized carbons (Fsp3) is 0.571. The van der Waals surface area contributed by atoms with E-state index in [1.54, 1.807) is 13.1 Å². The minimum Gasteiger partial charge on any atom is -0.480 e.